The highest BCUT2D eigenvalue weighted by molar-refractivity contribution is 5.78. The van der Waals surface area contributed by atoms with Gasteiger partial charge in [-0.05, 0) is 25.8 Å². The van der Waals surface area contributed by atoms with E-state index in [1.807, 2.05) is 4.90 Å². The number of carbonyl (C=O) groups excluding carboxylic acids is 1. The summed E-state index contributed by atoms with van der Waals surface area (Å²) in [5.74, 6) is 0.0788. The highest BCUT2D eigenvalue weighted by Crippen LogP contribution is 2.33. The lowest BCUT2D eigenvalue weighted by atomic mass is 9.79. The molecule has 1 amide bonds. The summed E-state index contributed by atoms with van der Waals surface area (Å²) < 4.78 is 5.51. The lowest BCUT2D eigenvalue weighted by molar-refractivity contribution is -0.123. The maximum Gasteiger partial charge on any atom is 0.234 e. The Morgan fingerprint density at radius 3 is 2.54 bits per heavy atom. The van der Waals surface area contributed by atoms with E-state index < -0.39 is 0 Å². The molecule has 24 heavy (non-hydrogen) atoms. The zero-order valence-electron chi connectivity index (χ0n) is 15.3. The first-order valence-electron chi connectivity index (χ1n) is 9.63. The zero-order chi connectivity index (χ0) is 17.3. The van der Waals surface area contributed by atoms with Crippen LogP contribution in [0, 0.1) is 0 Å². The Balaban J connectivity index is 1.88. The van der Waals surface area contributed by atoms with Crippen LogP contribution in [0.5, 0.6) is 0 Å². The first-order valence-corrected chi connectivity index (χ1v) is 9.63. The van der Waals surface area contributed by atoms with E-state index in [0.29, 0.717) is 13.1 Å². The molecule has 6 nitrogen and oxygen atoms in total. The molecule has 0 spiro atoms. The second-order valence-electron chi connectivity index (χ2n) is 7.16. The third-order valence-corrected chi connectivity index (χ3v) is 5.40. The molecule has 0 bridgehead atoms. The van der Waals surface area contributed by atoms with Crippen LogP contribution in [0.4, 0.5) is 0 Å². The molecule has 140 valence electrons. The number of aliphatic hydroxyl groups excluding tert-OH is 1. The maximum absolute atomic E-state index is 12.4. The standard InChI is InChI=1S/C18H35N3O3/c1-2-8-20(9-12-22)15-17(23)19-16-18(6-4-3-5-7-18)21-10-13-24-14-11-21/h22H,2-16H2,1H3,(H,19,23). The van der Waals surface area contributed by atoms with Crippen LogP contribution in [-0.2, 0) is 9.53 Å². The van der Waals surface area contributed by atoms with Crippen molar-refractivity contribution in [1.29, 1.82) is 0 Å². The summed E-state index contributed by atoms with van der Waals surface area (Å²) in [6.45, 7) is 8.29. The zero-order valence-corrected chi connectivity index (χ0v) is 15.3. The van der Waals surface area contributed by atoms with Crippen molar-refractivity contribution in [2.24, 2.45) is 0 Å². The fourth-order valence-corrected chi connectivity index (χ4v) is 4.10. The molecule has 0 atom stereocenters. The van der Waals surface area contributed by atoms with Crippen molar-refractivity contribution in [2.45, 2.75) is 51.0 Å². The van der Waals surface area contributed by atoms with Crippen molar-refractivity contribution < 1.29 is 14.6 Å². The van der Waals surface area contributed by atoms with Crippen LogP contribution in [0.2, 0.25) is 0 Å². The van der Waals surface area contributed by atoms with E-state index >= 15 is 0 Å². The van der Waals surface area contributed by atoms with E-state index in [1.54, 1.807) is 0 Å². The van der Waals surface area contributed by atoms with Crippen LogP contribution in [-0.4, -0.2) is 85.4 Å². The number of morpholine rings is 1. The van der Waals surface area contributed by atoms with E-state index in [1.165, 1.54) is 32.1 Å². The third-order valence-electron chi connectivity index (χ3n) is 5.40. The molecule has 6 heteroatoms. The molecule has 1 aliphatic heterocycles. The topological polar surface area (TPSA) is 65.0 Å². The van der Waals surface area contributed by atoms with Gasteiger partial charge in [0, 0.05) is 31.7 Å². The smallest absolute Gasteiger partial charge is 0.234 e. The normalized spacial score (nSPS) is 21.8. The molecule has 1 heterocycles. The van der Waals surface area contributed by atoms with Crippen LogP contribution in [0.3, 0.4) is 0 Å². The Morgan fingerprint density at radius 2 is 1.92 bits per heavy atom. The molecule has 0 aromatic carbocycles. The summed E-state index contributed by atoms with van der Waals surface area (Å²) in [6.07, 6.45) is 7.14. The number of hydrogen-bond donors (Lipinski definition) is 2. The largest absolute Gasteiger partial charge is 0.395 e. The van der Waals surface area contributed by atoms with Gasteiger partial charge < -0.3 is 15.2 Å². The summed E-state index contributed by atoms with van der Waals surface area (Å²) in [4.78, 5) is 17.0. The number of carbonyl (C=O) groups is 1. The Morgan fingerprint density at radius 1 is 1.21 bits per heavy atom. The molecule has 1 saturated carbocycles. The minimum absolute atomic E-state index is 0.0788. The van der Waals surface area contributed by atoms with Gasteiger partial charge in [-0.2, -0.15) is 0 Å². The van der Waals surface area contributed by atoms with Crippen LogP contribution in [0.15, 0.2) is 0 Å². The average Bonchev–Trinajstić information content (AvgIpc) is 2.62. The van der Waals surface area contributed by atoms with Crippen molar-refractivity contribution in [3.05, 3.63) is 0 Å². The van der Waals surface area contributed by atoms with Crippen LogP contribution in [0.25, 0.3) is 0 Å². The van der Waals surface area contributed by atoms with Crippen molar-refractivity contribution in [1.82, 2.24) is 15.1 Å². The lowest BCUT2D eigenvalue weighted by Crippen LogP contribution is -2.60. The maximum atomic E-state index is 12.4. The molecule has 0 radical (unpaired) electrons. The summed E-state index contributed by atoms with van der Waals surface area (Å²) >= 11 is 0. The molecule has 2 N–H and O–H groups in total. The predicted octanol–water partition coefficient (Wildman–Crippen LogP) is 0.842. The molecule has 2 fully saturated rings. The molecule has 0 aromatic rings. The van der Waals surface area contributed by atoms with Gasteiger partial charge in [-0.3, -0.25) is 14.6 Å². The van der Waals surface area contributed by atoms with Gasteiger partial charge in [0.1, 0.15) is 0 Å². The molecule has 1 aliphatic carbocycles. The fraction of sp³-hybridized carbons (Fsp3) is 0.944. The first kappa shape index (κ1) is 19.6. The SMILES string of the molecule is CCCN(CCO)CC(=O)NCC1(N2CCOCC2)CCCCC1. The van der Waals surface area contributed by atoms with Gasteiger partial charge in [0.2, 0.25) is 5.91 Å². The highest BCUT2D eigenvalue weighted by atomic mass is 16.5. The third kappa shape index (κ3) is 5.69. The van der Waals surface area contributed by atoms with E-state index in [2.05, 4.69) is 17.1 Å². The van der Waals surface area contributed by atoms with Gasteiger partial charge in [-0.1, -0.05) is 26.2 Å². The summed E-state index contributed by atoms with van der Waals surface area (Å²) in [6, 6.07) is 0. The Bertz CT molecular complexity index is 361. The monoisotopic (exact) mass is 341 g/mol. The van der Waals surface area contributed by atoms with Crippen LogP contribution >= 0.6 is 0 Å². The number of rotatable bonds is 9. The van der Waals surface area contributed by atoms with E-state index in [4.69, 9.17) is 9.84 Å². The number of aliphatic hydroxyl groups is 1. The van der Waals surface area contributed by atoms with Gasteiger partial charge in [0.05, 0.1) is 26.4 Å². The Labute approximate surface area is 146 Å². The first-order chi connectivity index (χ1) is 11.7. The number of ether oxygens (including phenoxy) is 1. The van der Waals surface area contributed by atoms with Gasteiger partial charge in [-0.15, -0.1) is 0 Å². The van der Waals surface area contributed by atoms with Gasteiger partial charge in [0.25, 0.3) is 0 Å². The quantitative estimate of drug-likeness (QED) is 0.651. The van der Waals surface area contributed by atoms with Crippen LogP contribution < -0.4 is 5.32 Å². The van der Waals surface area contributed by atoms with Crippen molar-refractivity contribution >= 4 is 5.91 Å². The summed E-state index contributed by atoms with van der Waals surface area (Å²) in [5.41, 5.74) is 0.115. The molecule has 2 rings (SSSR count). The van der Waals surface area contributed by atoms with Gasteiger partial charge >= 0.3 is 0 Å². The minimum atomic E-state index is 0.0788. The van der Waals surface area contributed by atoms with E-state index in [9.17, 15) is 4.79 Å². The fourth-order valence-electron chi connectivity index (χ4n) is 4.10. The van der Waals surface area contributed by atoms with Crippen molar-refractivity contribution in [3.63, 3.8) is 0 Å². The second kappa shape index (κ2) is 10.3. The van der Waals surface area contributed by atoms with Crippen molar-refractivity contribution in [3.8, 4) is 0 Å². The summed E-state index contributed by atoms with van der Waals surface area (Å²) in [5, 5.41) is 12.3. The molecular weight excluding hydrogens is 306 g/mol. The lowest BCUT2D eigenvalue weighted by Gasteiger charge is -2.48. The van der Waals surface area contributed by atoms with E-state index in [-0.39, 0.29) is 18.1 Å². The molecule has 0 aromatic heterocycles. The van der Waals surface area contributed by atoms with Gasteiger partial charge in [0.15, 0.2) is 0 Å². The van der Waals surface area contributed by atoms with Crippen LogP contribution in [0.1, 0.15) is 45.4 Å². The number of hydrogen-bond acceptors (Lipinski definition) is 5. The predicted molar refractivity (Wildman–Crippen MR) is 95.0 cm³/mol. The second-order valence-corrected chi connectivity index (χ2v) is 7.16. The van der Waals surface area contributed by atoms with E-state index in [0.717, 1.165) is 45.8 Å². The average molecular weight is 341 g/mol. The summed E-state index contributed by atoms with van der Waals surface area (Å²) in [7, 11) is 0. The Kier molecular flexibility index (Phi) is 8.45. The number of nitrogens with one attached hydrogen (secondary N) is 1. The van der Waals surface area contributed by atoms with Gasteiger partial charge in [-0.25, -0.2) is 0 Å². The molecule has 1 saturated heterocycles. The number of nitrogens with zero attached hydrogens (tertiary/aromatic N) is 2. The minimum Gasteiger partial charge on any atom is -0.395 e. The molecule has 2 aliphatic rings. The number of amides is 1. The molecule has 0 unspecified atom stereocenters. The highest BCUT2D eigenvalue weighted by Gasteiger charge is 2.38. The molecular formula is C18H35N3O3. The Hall–Kier alpha value is -0.690. The van der Waals surface area contributed by atoms with Crippen molar-refractivity contribution in [2.75, 3.05) is 59.1 Å².